The van der Waals surface area contributed by atoms with Gasteiger partial charge in [-0.05, 0) is 43.5 Å². The number of rotatable bonds is 3. The van der Waals surface area contributed by atoms with Crippen molar-refractivity contribution in [3.63, 3.8) is 0 Å². The second-order valence-corrected chi connectivity index (χ2v) is 6.53. The minimum atomic E-state index is -0.284. The summed E-state index contributed by atoms with van der Waals surface area (Å²) < 4.78 is 0. The van der Waals surface area contributed by atoms with Crippen LogP contribution in [0.25, 0.3) is 5.57 Å². The van der Waals surface area contributed by atoms with Crippen LogP contribution in [0, 0.1) is 0 Å². The molecule has 130 valence electrons. The molecule has 2 N–H and O–H groups in total. The van der Waals surface area contributed by atoms with E-state index >= 15 is 0 Å². The van der Waals surface area contributed by atoms with Crippen LogP contribution in [0.3, 0.4) is 0 Å². The van der Waals surface area contributed by atoms with Crippen molar-refractivity contribution >= 4 is 22.8 Å². The summed E-state index contributed by atoms with van der Waals surface area (Å²) in [7, 11) is 3.73. The largest absolute Gasteiger partial charge is 0.507 e. The minimum absolute atomic E-state index is 0.0298. The maximum Gasteiger partial charge on any atom is 0.203 e. The molecule has 25 heavy (non-hydrogen) atoms. The third-order valence-corrected chi connectivity index (χ3v) is 4.81. The summed E-state index contributed by atoms with van der Waals surface area (Å²) in [6.45, 7) is 5.87. The van der Waals surface area contributed by atoms with Gasteiger partial charge in [-0.3, -0.25) is 9.79 Å². The first kappa shape index (κ1) is 17.0. The molecule has 0 bridgehead atoms. The highest BCUT2D eigenvalue weighted by Crippen LogP contribution is 2.44. The van der Waals surface area contributed by atoms with Crippen molar-refractivity contribution in [2.24, 2.45) is 4.99 Å². The number of phenolic OH excluding ortho intramolecular Hbond substituents is 1. The molecule has 5 heteroatoms. The summed E-state index contributed by atoms with van der Waals surface area (Å²) in [5.74, 6) is -0.410. The number of aliphatic hydroxyl groups excluding tert-OH is 1. The minimum Gasteiger partial charge on any atom is -0.507 e. The molecule has 0 unspecified atom stereocenters. The van der Waals surface area contributed by atoms with Crippen molar-refractivity contribution in [1.82, 2.24) is 0 Å². The molecule has 0 aromatic heterocycles. The lowest BCUT2D eigenvalue weighted by Crippen LogP contribution is -2.23. The molecule has 1 heterocycles. The van der Waals surface area contributed by atoms with Crippen molar-refractivity contribution in [2.45, 2.75) is 27.2 Å². The van der Waals surface area contributed by atoms with Crippen LogP contribution in [0.5, 0.6) is 5.75 Å². The highest BCUT2D eigenvalue weighted by molar-refractivity contribution is 6.40. The Morgan fingerprint density at radius 1 is 1.12 bits per heavy atom. The predicted octanol–water partition coefficient (Wildman–Crippen LogP) is 3.77. The van der Waals surface area contributed by atoms with Crippen LogP contribution in [-0.4, -0.2) is 35.8 Å². The third-order valence-electron chi connectivity index (χ3n) is 4.81. The molecule has 1 aliphatic carbocycles. The van der Waals surface area contributed by atoms with Gasteiger partial charge in [-0.2, -0.15) is 0 Å². The van der Waals surface area contributed by atoms with Gasteiger partial charge in [0, 0.05) is 37.1 Å². The van der Waals surface area contributed by atoms with Crippen LogP contribution in [-0.2, 0) is 4.79 Å². The second-order valence-electron chi connectivity index (χ2n) is 6.53. The lowest BCUT2D eigenvalue weighted by Gasteiger charge is -2.24. The molecule has 0 saturated heterocycles. The first-order valence-corrected chi connectivity index (χ1v) is 8.27. The maximum absolute atomic E-state index is 12.7. The molecule has 0 spiro atoms. The molecule has 1 aromatic rings. The molecule has 0 amide bonds. The SMILES string of the molecule is CCC1=C(C)C(=C2C(=O)C(c3ccc(N(C)C)cc3O)=C2O)N=C1C. The normalized spacial score (nSPS) is 20.2. The number of carbonyl (C=O) groups excluding carboxylic acids is 1. The lowest BCUT2D eigenvalue weighted by molar-refractivity contribution is -0.111. The Labute approximate surface area is 147 Å². The van der Waals surface area contributed by atoms with Crippen molar-refractivity contribution < 1.29 is 15.0 Å². The van der Waals surface area contributed by atoms with Gasteiger partial charge in [-0.1, -0.05) is 6.92 Å². The van der Waals surface area contributed by atoms with Crippen LogP contribution < -0.4 is 4.90 Å². The average molecular weight is 338 g/mol. The standard InChI is InChI=1S/C20H22N2O3/c1-6-13-10(2)18(21-11(13)3)17-19(24)16(20(17)25)14-8-7-12(22(4)5)9-15(14)23/h7-9,23-24H,6H2,1-5H3. The van der Waals surface area contributed by atoms with Crippen LogP contribution in [0.15, 0.2) is 51.4 Å². The van der Waals surface area contributed by atoms with E-state index in [1.54, 1.807) is 18.2 Å². The fraction of sp³-hybridized carbons (Fsp3) is 0.300. The van der Waals surface area contributed by atoms with E-state index in [1.807, 2.05) is 39.8 Å². The van der Waals surface area contributed by atoms with E-state index in [0.29, 0.717) is 11.3 Å². The second kappa shape index (κ2) is 5.92. The van der Waals surface area contributed by atoms with E-state index in [0.717, 1.165) is 29.0 Å². The number of hydrogen-bond acceptors (Lipinski definition) is 5. The van der Waals surface area contributed by atoms with E-state index in [-0.39, 0.29) is 28.4 Å². The Morgan fingerprint density at radius 3 is 2.28 bits per heavy atom. The van der Waals surface area contributed by atoms with Crippen molar-refractivity contribution in [3.8, 4) is 5.75 Å². The van der Waals surface area contributed by atoms with Gasteiger partial charge in [0.15, 0.2) is 0 Å². The Bertz CT molecular complexity index is 915. The maximum atomic E-state index is 12.7. The van der Waals surface area contributed by atoms with Gasteiger partial charge in [0.05, 0.1) is 16.8 Å². The molecule has 0 atom stereocenters. The zero-order chi connectivity index (χ0) is 18.5. The van der Waals surface area contributed by atoms with E-state index in [4.69, 9.17) is 0 Å². The van der Waals surface area contributed by atoms with Crippen molar-refractivity contribution in [3.05, 3.63) is 51.9 Å². The van der Waals surface area contributed by atoms with Gasteiger partial charge in [0.25, 0.3) is 0 Å². The summed E-state index contributed by atoms with van der Waals surface area (Å²) in [5, 5.41) is 20.8. The molecule has 0 saturated carbocycles. The number of aliphatic hydroxyl groups is 1. The summed E-state index contributed by atoms with van der Waals surface area (Å²) in [4.78, 5) is 19.0. The molecule has 1 aromatic carbocycles. The first-order valence-electron chi connectivity index (χ1n) is 8.27. The number of aromatic hydroxyl groups is 1. The lowest BCUT2D eigenvalue weighted by atomic mass is 9.81. The number of hydrogen-bond donors (Lipinski definition) is 2. The first-order chi connectivity index (χ1) is 11.8. The molecule has 0 fully saturated rings. The Morgan fingerprint density at radius 2 is 1.80 bits per heavy atom. The van der Waals surface area contributed by atoms with Gasteiger partial charge in [-0.15, -0.1) is 0 Å². The quantitative estimate of drug-likeness (QED) is 0.823. The summed E-state index contributed by atoms with van der Waals surface area (Å²) >= 11 is 0. The molecular formula is C20H22N2O3. The average Bonchev–Trinajstić information content (AvgIpc) is 2.83. The van der Waals surface area contributed by atoms with Gasteiger partial charge in [0.1, 0.15) is 11.5 Å². The molecule has 1 aliphatic heterocycles. The van der Waals surface area contributed by atoms with Gasteiger partial charge < -0.3 is 15.1 Å². The number of aliphatic imine (C=N–C) groups is 1. The van der Waals surface area contributed by atoms with Gasteiger partial charge in [-0.25, -0.2) is 0 Å². The number of nitrogens with zero attached hydrogens (tertiary/aromatic N) is 2. The number of allylic oxidation sites excluding steroid dienone is 4. The molecule has 3 rings (SSSR count). The molecule has 5 nitrogen and oxygen atoms in total. The zero-order valence-electron chi connectivity index (χ0n) is 15.1. The monoisotopic (exact) mass is 338 g/mol. The summed E-state index contributed by atoms with van der Waals surface area (Å²) in [6, 6.07) is 5.02. The van der Waals surface area contributed by atoms with Crippen LogP contribution >= 0.6 is 0 Å². The van der Waals surface area contributed by atoms with Crippen LogP contribution in [0.2, 0.25) is 0 Å². The molecule has 0 radical (unpaired) electrons. The van der Waals surface area contributed by atoms with E-state index in [2.05, 4.69) is 4.99 Å². The van der Waals surface area contributed by atoms with Gasteiger partial charge in [0.2, 0.25) is 5.78 Å². The fourth-order valence-electron chi connectivity index (χ4n) is 3.38. The number of ketones is 1. The fourth-order valence-corrected chi connectivity index (χ4v) is 3.38. The molecule has 2 aliphatic rings. The highest BCUT2D eigenvalue weighted by Gasteiger charge is 2.40. The summed E-state index contributed by atoms with van der Waals surface area (Å²) in [5.41, 5.74) is 5.01. The smallest absolute Gasteiger partial charge is 0.203 e. The number of phenols is 1. The Kier molecular flexibility index (Phi) is 4.03. The molecular weight excluding hydrogens is 316 g/mol. The van der Waals surface area contributed by atoms with Crippen molar-refractivity contribution in [2.75, 3.05) is 19.0 Å². The number of carbonyl (C=O) groups is 1. The predicted molar refractivity (Wildman–Crippen MR) is 100 cm³/mol. The van der Waals surface area contributed by atoms with Gasteiger partial charge >= 0.3 is 0 Å². The number of anilines is 1. The number of benzene rings is 1. The highest BCUT2D eigenvalue weighted by atomic mass is 16.3. The van der Waals surface area contributed by atoms with E-state index in [1.165, 1.54) is 0 Å². The van der Waals surface area contributed by atoms with E-state index < -0.39 is 0 Å². The summed E-state index contributed by atoms with van der Waals surface area (Å²) in [6.07, 6.45) is 0.830. The Balaban J connectivity index is 2.10. The van der Waals surface area contributed by atoms with Crippen LogP contribution in [0.1, 0.15) is 32.8 Å². The van der Waals surface area contributed by atoms with E-state index in [9.17, 15) is 15.0 Å². The van der Waals surface area contributed by atoms with Crippen molar-refractivity contribution in [1.29, 1.82) is 0 Å². The van der Waals surface area contributed by atoms with Crippen LogP contribution in [0.4, 0.5) is 5.69 Å². The topological polar surface area (TPSA) is 73.1 Å². The Hall–Kier alpha value is -2.82. The third kappa shape index (κ3) is 2.47. The zero-order valence-corrected chi connectivity index (χ0v) is 15.1. The number of Topliss-reactive ketones (excluding diaryl/α,β-unsaturated/α-hetero) is 1.